The minimum atomic E-state index is -0.599. The fourth-order valence-corrected chi connectivity index (χ4v) is 1.48. The fourth-order valence-electron chi connectivity index (χ4n) is 1.34. The number of carbonyl (C=O) groups is 1. The Morgan fingerprint density at radius 1 is 1.42 bits per heavy atom. The van der Waals surface area contributed by atoms with Crippen molar-refractivity contribution in [2.24, 2.45) is 11.5 Å². The summed E-state index contributed by atoms with van der Waals surface area (Å²) in [5, 5.41) is 3.05. The van der Waals surface area contributed by atoms with Crippen molar-refractivity contribution in [1.29, 1.82) is 0 Å². The van der Waals surface area contributed by atoms with Gasteiger partial charge >= 0.3 is 0 Å². The van der Waals surface area contributed by atoms with Crippen molar-refractivity contribution >= 4 is 23.3 Å². The Balaban J connectivity index is 2.36. The average molecular weight is 288 g/mol. The summed E-state index contributed by atoms with van der Waals surface area (Å²) >= 11 is 5.67. The van der Waals surface area contributed by atoms with Gasteiger partial charge in [0.1, 0.15) is 5.82 Å². The van der Waals surface area contributed by atoms with E-state index in [4.69, 9.17) is 27.8 Å². The molecule has 0 saturated carbocycles. The summed E-state index contributed by atoms with van der Waals surface area (Å²) in [6.45, 7) is 2.48. The van der Waals surface area contributed by atoms with Crippen LogP contribution in [0, 0.1) is 0 Å². The molecule has 1 rings (SSSR count). The maximum Gasteiger partial charge on any atom is 0.254 e. The zero-order chi connectivity index (χ0) is 14.1. The number of amides is 1. The molecular weight excluding hydrogens is 270 g/mol. The number of hydrogen-bond acceptors (Lipinski definition) is 6. The third kappa shape index (κ3) is 5.82. The summed E-state index contributed by atoms with van der Waals surface area (Å²) < 4.78 is 5.34. The Morgan fingerprint density at radius 2 is 2.16 bits per heavy atom. The maximum absolute atomic E-state index is 11.2. The molecule has 1 aromatic rings. The topological polar surface area (TPSA) is 116 Å². The van der Waals surface area contributed by atoms with Gasteiger partial charge in [0.05, 0.1) is 5.56 Å². The molecule has 0 fully saturated rings. The van der Waals surface area contributed by atoms with E-state index >= 15 is 0 Å². The third-order valence-corrected chi connectivity index (χ3v) is 2.46. The Hall–Kier alpha value is -1.44. The predicted molar refractivity (Wildman–Crippen MR) is 73.2 cm³/mol. The van der Waals surface area contributed by atoms with Crippen molar-refractivity contribution in [2.45, 2.75) is 12.8 Å². The molecule has 0 unspecified atom stereocenters. The Bertz CT molecular complexity index is 416. The van der Waals surface area contributed by atoms with Crippen LogP contribution in [-0.2, 0) is 4.74 Å². The van der Waals surface area contributed by atoms with Gasteiger partial charge in [0.15, 0.2) is 0 Å². The van der Waals surface area contributed by atoms with Gasteiger partial charge in [-0.1, -0.05) is 0 Å². The molecule has 0 bridgehead atoms. The maximum atomic E-state index is 11.2. The molecule has 7 nitrogen and oxygen atoms in total. The van der Waals surface area contributed by atoms with E-state index in [0.717, 1.165) is 12.8 Å². The fraction of sp³-hybridized carbons (Fsp3) is 0.545. The van der Waals surface area contributed by atoms with Crippen LogP contribution in [0.3, 0.4) is 0 Å². The summed E-state index contributed by atoms with van der Waals surface area (Å²) in [4.78, 5) is 18.8. The lowest BCUT2D eigenvalue weighted by molar-refractivity contribution is 0.100. The van der Waals surface area contributed by atoms with E-state index in [2.05, 4.69) is 15.3 Å². The summed E-state index contributed by atoms with van der Waals surface area (Å²) in [6.07, 6.45) is 2.92. The molecule has 1 amide bonds. The summed E-state index contributed by atoms with van der Waals surface area (Å²) in [6, 6.07) is 0. The molecule has 0 atom stereocenters. The zero-order valence-corrected chi connectivity index (χ0v) is 11.3. The normalized spacial score (nSPS) is 10.4. The predicted octanol–water partition coefficient (Wildman–Crippen LogP) is 0.396. The van der Waals surface area contributed by atoms with E-state index in [1.807, 2.05) is 0 Å². The van der Waals surface area contributed by atoms with Crippen LogP contribution in [0.4, 0.5) is 5.82 Å². The molecule has 0 saturated heterocycles. The van der Waals surface area contributed by atoms with Crippen molar-refractivity contribution in [3.05, 3.63) is 17.0 Å². The van der Waals surface area contributed by atoms with Gasteiger partial charge in [0.25, 0.3) is 5.91 Å². The number of nitrogens with one attached hydrogen (secondary N) is 1. The van der Waals surface area contributed by atoms with Gasteiger partial charge in [0.2, 0.25) is 5.28 Å². The highest BCUT2D eigenvalue weighted by molar-refractivity contribution is 6.28. The molecule has 0 aromatic carbocycles. The standard InChI is InChI=1S/C11H18ClN5O2/c12-11-16-7-8(9(14)18)10(17-11)15-4-2-6-19-5-1-3-13/h7H,1-6,13H2,(H2,14,18)(H,15,16,17). The first-order chi connectivity index (χ1) is 9.15. The van der Waals surface area contributed by atoms with Gasteiger partial charge < -0.3 is 21.5 Å². The molecule has 0 aliphatic carbocycles. The molecule has 0 spiro atoms. The number of carbonyl (C=O) groups excluding carboxylic acids is 1. The number of ether oxygens (including phenoxy) is 1. The summed E-state index contributed by atoms with van der Waals surface area (Å²) in [5.74, 6) is -0.257. The number of aromatic nitrogens is 2. The van der Waals surface area contributed by atoms with Crippen LogP contribution < -0.4 is 16.8 Å². The van der Waals surface area contributed by atoms with Crippen LogP contribution in [0.5, 0.6) is 0 Å². The Labute approximate surface area is 116 Å². The largest absolute Gasteiger partial charge is 0.381 e. The minimum absolute atomic E-state index is 0.0618. The zero-order valence-electron chi connectivity index (χ0n) is 10.6. The van der Waals surface area contributed by atoms with Crippen LogP contribution in [-0.4, -0.2) is 42.2 Å². The molecule has 106 valence electrons. The van der Waals surface area contributed by atoms with Crippen molar-refractivity contribution in [2.75, 3.05) is 31.6 Å². The van der Waals surface area contributed by atoms with E-state index in [1.54, 1.807) is 0 Å². The molecule has 1 heterocycles. The average Bonchev–Trinajstić information content (AvgIpc) is 2.37. The number of halogens is 1. The highest BCUT2D eigenvalue weighted by Gasteiger charge is 2.10. The monoisotopic (exact) mass is 287 g/mol. The number of primary amides is 1. The molecule has 1 aromatic heterocycles. The van der Waals surface area contributed by atoms with Gasteiger partial charge in [-0.3, -0.25) is 4.79 Å². The van der Waals surface area contributed by atoms with E-state index in [1.165, 1.54) is 6.20 Å². The lowest BCUT2D eigenvalue weighted by atomic mass is 10.3. The van der Waals surface area contributed by atoms with Crippen molar-refractivity contribution < 1.29 is 9.53 Å². The number of hydrogen-bond donors (Lipinski definition) is 3. The molecule has 19 heavy (non-hydrogen) atoms. The van der Waals surface area contributed by atoms with Gasteiger partial charge in [-0.25, -0.2) is 4.98 Å². The first-order valence-corrected chi connectivity index (χ1v) is 6.37. The van der Waals surface area contributed by atoms with Gasteiger partial charge in [0, 0.05) is 26.0 Å². The number of anilines is 1. The van der Waals surface area contributed by atoms with E-state index in [-0.39, 0.29) is 10.8 Å². The van der Waals surface area contributed by atoms with E-state index in [0.29, 0.717) is 32.1 Å². The van der Waals surface area contributed by atoms with Crippen LogP contribution in [0.25, 0.3) is 0 Å². The number of nitrogens with two attached hydrogens (primary N) is 2. The molecule has 8 heteroatoms. The molecule has 0 aliphatic heterocycles. The van der Waals surface area contributed by atoms with Crippen molar-refractivity contribution in [3.8, 4) is 0 Å². The molecule has 0 radical (unpaired) electrons. The first kappa shape index (κ1) is 15.6. The van der Waals surface area contributed by atoms with Crippen molar-refractivity contribution in [1.82, 2.24) is 9.97 Å². The smallest absolute Gasteiger partial charge is 0.254 e. The second kappa shape index (κ2) is 8.63. The quantitative estimate of drug-likeness (QED) is 0.447. The molecule has 5 N–H and O–H groups in total. The minimum Gasteiger partial charge on any atom is -0.381 e. The highest BCUT2D eigenvalue weighted by atomic mass is 35.5. The first-order valence-electron chi connectivity index (χ1n) is 5.99. The SMILES string of the molecule is NCCCOCCCNc1nc(Cl)ncc1C(N)=O. The second-order valence-electron chi connectivity index (χ2n) is 3.80. The Morgan fingerprint density at radius 3 is 2.84 bits per heavy atom. The highest BCUT2D eigenvalue weighted by Crippen LogP contribution is 2.13. The van der Waals surface area contributed by atoms with E-state index < -0.39 is 5.91 Å². The van der Waals surface area contributed by atoms with Crippen LogP contribution in [0.1, 0.15) is 23.2 Å². The lowest BCUT2D eigenvalue weighted by Gasteiger charge is -2.09. The summed E-state index contributed by atoms with van der Waals surface area (Å²) in [7, 11) is 0. The van der Waals surface area contributed by atoms with Gasteiger partial charge in [-0.2, -0.15) is 4.98 Å². The van der Waals surface area contributed by atoms with Gasteiger partial charge in [-0.05, 0) is 31.0 Å². The van der Waals surface area contributed by atoms with Crippen LogP contribution >= 0.6 is 11.6 Å². The molecular formula is C11H18ClN5O2. The lowest BCUT2D eigenvalue weighted by Crippen LogP contribution is -2.17. The van der Waals surface area contributed by atoms with Crippen LogP contribution in [0.15, 0.2) is 6.20 Å². The second-order valence-corrected chi connectivity index (χ2v) is 4.14. The number of rotatable bonds is 9. The summed E-state index contributed by atoms with van der Waals surface area (Å²) in [5.41, 5.74) is 10.8. The van der Waals surface area contributed by atoms with Crippen molar-refractivity contribution in [3.63, 3.8) is 0 Å². The van der Waals surface area contributed by atoms with Gasteiger partial charge in [-0.15, -0.1) is 0 Å². The van der Waals surface area contributed by atoms with Crippen LogP contribution in [0.2, 0.25) is 5.28 Å². The Kier molecular flexibility index (Phi) is 7.09. The molecule has 0 aliphatic rings. The van der Waals surface area contributed by atoms with E-state index in [9.17, 15) is 4.79 Å². The third-order valence-electron chi connectivity index (χ3n) is 2.28. The number of nitrogens with zero attached hydrogens (tertiary/aromatic N) is 2.